The third-order valence-corrected chi connectivity index (χ3v) is 2.92. The van der Waals surface area contributed by atoms with Crippen LogP contribution in [0, 0.1) is 5.92 Å². The van der Waals surface area contributed by atoms with Gasteiger partial charge < -0.3 is 4.74 Å². The smallest absolute Gasteiger partial charge is 0.305 e. The van der Waals surface area contributed by atoms with Gasteiger partial charge in [0, 0.05) is 6.42 Å². The van der Waals surface area contributed by atoms with Gasteiger partial charge >= 0.3 is 5.97 Å². The molecule has 1 unspecified atom stereocenters. The van der Waals surface area contributed by atoms with Gasteiger partial charge in [0.1, 0.15) is 0 Å². The fraction of sp³-hybridized carbons (Fsp3) is 0.462. The molecule has 15 heavy (non-hydrogen) atoms. The van der Waals surface area contributed by atoms with Crippen LogP contribution in [0.5, 0.6) is 0 Å². The van der Waals surface area contributed by atoms with Gasteiger partial charge in [0.05, 0.1) is 6.61 Å². The second kappa shape index (κ2) is 4.96. The number of hydrogen-bond donors (Lipinski definition) is 0. The van der Waals surface area contributed by atoms with E-state index in [1.807, 2.05) is 6.07 Å². The molecule has 2 heteroatoms. The molecule has 1 aromatic rings. The fourth-order valence-corrected chi connectivity index (χ4v) is 1.93. The summed E-state index contributed by atoms with van der Waals surface area (Å²) in [5, 5.41) is 0. The van der Waals surface area contributed by atoms with Crippen LogP contribution >= 0.6 is 0 Å². The highest BCUT2D eigenvalue weighted by Gasteiger charge is 2.19. The van der Waals surface area contributed by atoms with Crippen molar-refractivity contribution in [2.24, 2.45) is 5.92 Å². The molecule has 0 aliphatic carbocycles. The van der Waals surface area contributed by atoms with Gasteiger partial charge in [-0.1, -0.05) is 30.3 Å². The van der Waals surface area contributed by atoms with E-state index in [4.69, 9.17) is 4.74 Å². The van der Waals surface area contributed by atoms with Gasteiger partial charge in [-0.2, -0.15) is 0 Å². The minimum atomic E-state index is -0.0361. The predicted molar refractivity (Wildman–Crippen MR) is 58.4 cm³/mol. The Hall–Kier alpha value is -1.31. The molecular weight excluding hydrogens is 188 g/mol. The normalized spacial score (nSPS) is 21.1. The first kappa shape index (κ1) is 10.2. The molecule has 0 bridgehead atoms. The third-order valence-electron chi connectivity index (χ3n) is 2.92. The Labute approximate surface area is 90.3 Å². The van der Waals surface area contributed by atoms with Crippen LogP contribution in [-0.4, -0.2) is 12.6 Å². The van der Waals surface area contributed by atoms with E-state index >= 15 is 0 Å². The molecule has 0 amide bonds. The lowest BCUT2D eigenvalue weighted by Crippen LogP contribution is -2.21. The minimum absolute atomic E-state index is 0.0361. The maximum Gasteiger partial charge on any atom is 0.305 e. The maximum absolute atomic E-state index is 10.9. The van der Waals surface area contributed by atoms with E-state index in [-0.39, 0.29) is 5.97 Å². The first-order chi connectivity index (χ1) is 7.34. The first-order valence-corrected chi connectivity index (χ1v) is 5.54. The van der Waals surface area contributed by atoms with Crippen LogP contribution in [0.2, 0.25) is 0 Å². The van der Waals surface area contributed by atoms with Gasteiger partial charge in [-0.05, 0) is 30.7 Å². The molecular formula is C13H16O2. The summed E-state index contributed by atoms with van der Waals surface area (Å²) in [7, 11) is 0. The van der Waals surface area contributed by atoms with Crippen molar-refractivity contribution in [1.29, 1.82) is 0 Å². The number of benzene rings is 1. The van der Waals surface area contributed by atoms with E-state index in [1.165, 1.54) is 5.56 Å². The third kappa shape index (κ3) is 3.08. The number of carbonyl (C=O) groups is 1. The van der Waals surface area contributed by atoms with Crippen molar-refractivity contribution in [2.45, 2.75) is 25.7 Å². The topological polar surface area (TPSA) is 26.3 Å². The molecule has 1 fully saturated rings. The molecule has 0 spiro atoms. The highest BCUT2D eigenvalue weighted by molar-refractivity contribution is 5.69. The zero-order chi connectivity index (χ0) is 10.5. The van der Waals surface area contributed by atoms with E-state index in [0.29, 0.717) is 18.9 Å². The van der Waals surface area contributed by atoms with Gasteiger partial charge in [0.2, 0.25) is 0 Å². The van der Waals surface area contributed by atoms with E-state index < -0.39 is 0 Å². The fourth-order valence-electron chi connectivity index (χ4n) is 1.93. The van der Waals surface area contributed by atoms with Crippen molar-refractivity contribution in [1.82, 2.24) is 0 Å². The lowest BCUT2D eigenvalue weighted by Gasteiger charge is -2.21. The monoisotopic (exact) mass is 204 g/mol. The molecule has 2 nitrogen and oxygen atoms in total. The van der Waals surface area contributed by atoms with Crippen LogP contribution in [0.3, 0.4) is 0 Å². The van der Waals surface area contributed by atoms with Crippen molar-refractivity contribution in [3.63, 3.8) is 0 Å². The zero-order valence-corrected chi connectivity index (χ0v) is 8.82. The van der Waals surface area contributed by atoms with Crippen LogP contribution in [-0.2, 0) is 16.0 Å². The van der Waals surface area contributed by atoms with Crippen LogP contribution < -0.4 is 0 Å². The van der Waals surface area contributed by atoms with Gasteiger partial charge in [-0.15, -0.1) is 0 Å². The Morgan fingerprint density at radius 3 is 2.73 bits per heavy atom. The van der Waals surface area contributed by atoms with Crippen LogP contribution in [0.15, 0.2) is 30.3 Å². The Morgan fingerprint density at radius 2 is 2.07 bits per heavy atom. The van der Waals surface area contributed by atoms with E-state index in [0.717, 1.165) is 19.3 Å². The second-order valence-electron chi connectivity index (χ2n) is 4.11. The Bertz CT molecular complexity index is 309. The van der Waals surface area contributed by atoms with E-state index in [1.54, 1.807) is 0 Å². The average molecular weight is 204 g/mol. The summed E-state index contributed by atoms with van der Waals surface area (Å²) in [5.74, 6) is 0.522. The SMILES string of the molecule is O=C1CCC(CCc2ccccc2)CO1. The summed E-state index contributed by atoms with van der Waals surface area (Å²) in [5.41, 5.74) is 1.37. The standard InChI is InChI=1S/C13H16O2/c14-13-9-8-12(10-15-13)7-6-11-4-2-1-3-5-11/h1-5,12H,6-10H2. The highest BCUT2D eigenvalue weighted by Crippen LogP contribution is 2.20. The average Bonchev–Trinajstić information content (AvgIpc) is 2.30. The van der Waals surface area contributed by atoms with Gasteiger partial charge in [0.25, 0.3) is 0 Å². The lowest BCUT2D eigenvalue weighted by molar-refractivity contribution is -0.149. The number of rotatable bonds is 3. The van der Waals surface area contributed by atoms with Gasteiger partial charge in [-0.25, -0.2) is 0 Å². The molecule has 2 rings (SSSR count). The van der Waals surface area contributed by atoms with Crippen molar-refractivity contribution >= 4 is 5.97 Å². The van der Waals surface area contributed by atoms with E-state index in [9.17, 15) is 4.79 Å². The second-order valence-corrected chi connectivity index (χ2v) is 4.11. The van der Waals surface area contributed by atoms with E-state index in [2.05, 4.69) is 24.3 Å². The predicted octanol–water partition coefficient (Wildman–Crippen LogP) is 2.57. The molecule has 1 aromatic carbocycles. The molecule has 0 N–H and O–H groups in total. The Kier molecular flexibility index (Phi) is 3.38. The molecule has 1 atom stereocenters. The molecule has 1 aliphatic rings. The summed E-state index contributed by atoms with van der Waals surface area (Å²) < 4.78 is 5.04. The lowest BCUT2D eigenvalue weighted by atomic mass is 9.94. The number of carbonyl (C=O) groups excluding carboxylic acids is 1. The van der Waals surface area contributed by atoms with Crippen LogP contribution in [0.4, 0.5) is 0 Å². The zero-order valence-electron chi connectivity index (χ0n) is 8.82. The van der Waals surface area contributed by atoms with Gasteiger partial charge in [-0.3, -0.25) is 4.79 Å². The molecule has 80 valence electrons. The summed E-state index contributed by atoms with van der Waals surface area (Å²) in [6.45, 7) is 0.617. The molecule has 0 aromatic heterocycles. The van der Waals surface area contributed by atoms with Crippen molar-refractivity contribution < 1.29 is 9.53 Å². The Balaban J connectivity index is 1.77. The van der Waals surface area contributed by atoms with Gasteiger partial charge in [0.15, 0.2) is 0 Å². The molecule has 1 aliphatic heterocycles. The largest absolute Gasteiger partial charge is 0.465 e. The molecule has 1 saturated heterocycles. The Morgan fingerprint density at radius 1 is 1.27 bits per heavy atom. The van der Waals surface area contributed by atoms with Crippen molar-refractivity contribution in [3.8, 4) is 0 Å². The maximum atomic E-state index is 10.9. The summed E-state index contributed by atoms with van der Waals surface area (Å²) in [4.78, 5) is 10.9. The van der Waals surface area contributed by atoms with Crippen molar-refractivity contribution in [2.75, 3.05) is 6.61 Å². The number of esters is 1. The molecule has 1 heterocycles. The van der Waals surface area contributed by atoms with Crippen LogP contribution in [0.25, 0.3) is 0 Å². The molecule has 0 saturated carbocycles. The van der Waals surface area contributed by atoms with Crippen LogP contribution in [0.1, 0.15) is 24.8 Å². The number of aryl methyl sites for hydroxylation is 1. The minimum Gasteiger partial charge on any atom is -0.465 e. The first-order valence-electron chi connectivity index (χ1n) is 5.54. The molecule has 0 radical (unpaired) electrons. The summed E-state index contributed by atoms with van der Waals surface area (Å²) >= 11 is 0. The highest BCUT2D eigenvalue weighted by atomic mass is 16.5. The summed E-state index contributed by atoms with van der Waals surface area (Å²) in [6.07, 6.45) is 3.80. The van der Waals surface area contributed by atoms with Crippen molar-refractivity contribution in [3.05, 3.63) is 35.9 Å². The quantitative estimate of drug-likeness (QED) is 0.707. The number of ether oxygens (including phenoxy) is 1. The summed E-state index contributed by atoms with van der Waals surface area (Å²) in [6, 6.07) is 10.5. The number of cyclic esters (lactones) is 1. The number of hydrogen-bond acceptors (Lipinski definition) is 2.